The van der Waals surface area contributed by atoms with Gasteiger partial charge in [-0.1, -0.05) is 13.8 Å². The summed E-state index contributed by atoms with van der Waals surface area (Å²) in [4.78, 5) is 21.8. The maximum absolute atomic E-state index is 11.0. The van der Waals surface area contributed by atoms with Gasteiger partial charge < -0.3 is 10.1 Å². The largest absolute Gasteiger partial charge is 0.465 e. The molecule has 0 aliphatic heterocycles. The Hall–Kier alpha value is -1.06. The van der Waals surface area contributed by atoms with Gasteiger partial charge in [0.1, 0.15) is 6.10 Å². The standard InChI is InChI=1S/C21H33NO3/c1-20-9-7-15(25-13-24)11-14(20)3-4-16-17-5-6-19(22-12-23)21(17,2)10-8-18(16)20/h12-19H,3-11H2,1-2H3,(H,22,23)/t14-,15-,16+,17+,18-,19-,20-,21-/m0/s1. The van der Waals surface area contributed by atoms with E-state index in [2.05, 4.69) is 19.2 Å². The molecule has 4 nitrogen and oxygen atoms in total. The van der Waals surface area contributed by atoms with Crippen LogP contribution in [0.15, 0.2) is 0 Å². The minimum atomic E-state index is 0.147. The van der Waals surface area contributed by atoms with Gasteiger partial charge >= 0.3 is 0 Å². The molecule has 0 aromatic carbocycles. The van der Waals surface area contributed by atoms with Crippen molar-refractivity contribution < 1.29 is 14.3 Å². The van der Waals surface area contributed by atoms with Gasteiger partial charge in [0.05, 0.1) is 0 Å². The zero-order valence-electron chi connectivity index (χ0n) is 15.7. The smallest absolute Gasteiger partial charge is 0.293 e. The summed E-state index contributed by atoms with van der Waals surface area (Å²) in [6.45, 7) is 5.61. The number of ether oxygens (including phenoxy) is 1. The molecule has 0 aromatic heterocycles. The van der Waals surface area contributed by atoms with Gasteiger partial charge in [-0.25, -0.2) is 0 Å². The molecule has 1 N–H and O–H groups in total. The Balaban J connectivity index is 1.54. The van der Waals surface area contributed by atoms with Gasteiger partial charge in [-0.2, -0.15) is 0 Å². The van der Waals surface area contributed by atoms with Crippen LogP contribution in [-0.2, 0) is 14.3 Å². The van der Waals surface area contributed by atoms with Crippen LogP contribution in [0.2, 0.25) is 0 Å². The van der Waals surface area contributed by atoms with Crippen molar-refractivity contribution in [1.82, 2.24) is 5.32 Å². The first-order valence-corrected chi connectivity index (χ1v) is 10.3. The van der Waals surface area contributed by atoms with Crippen molar-refractivity contribution in [2.24, 2.45) is 34.5 Å². The van der Waals surface area contributed by atoms with Gasteiger partial charge in [0.25, 0.3) is 6.47 Å². The van der Waals surface area contributed by atoms with Gasteiger partial charge in [-0.15, -0.1) is 0 Å². The van der Waals surface area contributed by atoms with Gasteiger partial charge in [0, 0.05) is 6.04 Å². The van der Waals surface area contributed by atoms with Crippen LogP contribution in [0.25, 0.3) is 0 Å². The fourth-order valence-electron chi connectivity index (χ4n) is 7.78. The third kappa shape index (κ3) is 2.54. The van der Waals surface area contributed by atoms with E-state index in [1.807, 2.05) is 0 Å². The van der Waals surface area contributed by atoms with Crippen molar-refractivity contribution in [2.45, 2.75) is 83.8 Å². The predicted octanol–water partition coefficient (Wildman–Crippen LogP) is 3.69. The minimum absolute atomic E-state index is 0.147. The van der Waals surface area contributed by atoms with E-state index in [0.717, 1.165) is 43.4 Å². The second-order valence-corrected chi connectivity index (χ2v) is 9.74. The van der Waals surface area contributed by atoms with Crippen LogP contribution in [0.4, 0.5) is 0 Å². The number of rotatable bonds is 4. The Bertz CT molecular complexity index is 537. The number of carbonyl (C=O) groups is 2. The summed E-state index contributed by atoms with van der Waals surface area (Å²) in [5, 5.41) is 3.14. The van der Waals surface area contributed by atoms with E-state index in [-0.39, 0.29) is 6.10 Å². The molecule has 0 unspecified atom stereocenters. The lowest BCUT2D eigenvalue weighted by Gasteiger charge is -2.61. The molecule has 4 fully saturated rings. The average Bonchev–Trinajstić information content (AvgIpc) is 2.93. The van der Waals surface area contributed by atoms with E-state index in [9.17, 15) is 9.59 Å². The van der Waals surface area contributed by atoms with Crippen molar-refractivity contribution in [2.75, 3.05) is 0 Å². The molecular formula is C21H33NO3. The summed E-state index contributed by atoms with van der Waals surface area (Å²) in [7, 11) is 0. The Morgan fingerprint density at radius 1 is 0.920 bits per heavy atom. The maximum Gasteiger partial charge on any atom is 0.293 e. The van der Waals surface area contributed by atoms with Gasteiger partial charge in [0.2, 0.25) is 6.41 Å². The molecular weight excluding hydrogens is 314 g/mol. The highest BCUT2D eigenvalue weighted by Crippen LogP contribution is 2.66. The van der Waals surface area contributed by atoms with Crippen LogP contribution >= 0.6 is 0 Å². The molecule has 25 heavy (non-hydrogen) atoms. The number of hydrogen-bond donors (Lipinski definition) is 1. The first-order valence-electron chi connectivity index (χ1n) is 10.3. The van der Waals surface area contributed by atoms with Crippen LogP contribution in [0.1, 0.15) is 71.6 Å². The molecule has 4 heteroatoms. The van der Waals surface area contributed by atoms with Crippen molar-refractivity contribution in [3.05, 3.63) is 0 Å². The highest BCUT2D eigenvalue weighted by molar-refractivity contribution is 5.47. The molecule has 140 valence electrons. The highest BCUT2D eigenvalue weighted by atomic mass is 16.5. The molecule has 0 bridgehead atoms. The van der Waals surface area contributed by atoms with E-state index in [4.69, 9.17) is 4.74 Å². The normalized spacial score (nSPS) is 51.6. The number of nitrogens with one attached hydrogen (secondary N) is 1. The summed E-state index contributed by atoms with van der Waals surface area (Å²) < 4.78 is 5.32. The molecule has 0 radical (unpaired) electrons. The zero-order valence-corrected chi connectivity index (χ0v) is 15.7. The number of amides is 1. The summed E-state index contributed by atoms with van der Waals surface area (Å²) in [5.41, 5.74) is 0.715. The Labute approximate surface area is 151 Å². The van der Waals surface area contributed by atoms with Crippen molar-refractivity contribution in [1.29, 1.82) is 0 Å². The lowest BCUT2D eigenvalue weighted by Crippen LogP contribution is -2.55. The number of hydrogen-bond acceptors (Lipinski definition) is 3. The molecule has 0 spiro atoms. The highest BCUT2D eigenvalue weighted by Gasteiger charge is 2.60. The van der Waals surface area contributed by atoms with Crippen LogP contribution in [-0.4, -0.2) is 25.0 Å². The van der Waals surface area contributed by atoms with E-state index in [0.29, 0.717) is 29.3 Å². The third-order valence-electron chi connectivity index (χ3n) is 9.13. The van der Waals surface area contributed by atoms with Gasteiger partial charge in [0.15, 0.2) is 0 Å². The first-order chi connectivity index (χ1) is 12.0. The second-order valence-electron chi connectivity index (χ2n) is 9.74. The summed E-state index contributed by atoms with van der Waals surface area (Å²) in [5.74, 6) is 3.12. The molecule has 4 aliphatic rings. The fourth-order valence-corrected chi connectivity index (χ4v) is 7.78. The lowest BCUT2D eigenvalue weighted by atomic mass is 9.45. The van der Waals surface area contributed by atoms with Gasteiger partial charge in [-0.05, 0) is 92.3 Å². The topological polar surface area (TPSA) is 55.4 Å². The molecule has 0 aromatic rings. The summed E-state index contributed by atoms with van der Waals surface area (Å²) in [6, 6.07) is 0.373. The van der Waals surface area contributed by atoms with Crippen LogP contribution in [0.3, 0.4) is 0 Å². The monoisotopic (exact) mass is 347 g/mol. The Kier molecular flexibility index (Phi) is 4.36. The fraction of sp³-hybridized carbons (Fsp3) is 0.905. The summed E-state index contributed by atoms with van der Waals surface area (Å²) >= 11 is 0. The second kappa shape index (κ2) is 6.28. The van der Waals surface area contributed by atoms with E-state index in [1.54, 1.807) is 0 Å². The average molecular weight is 347 g/mol. The van der Waals surface area contributed by atoms with Crippen LogP contribution in [0.5, 0.6) is 0 Å². The first kappa shape index (κ1) is 17.4. The SMILES string of the molecule is C[C@]12CC[C@H](OC=O)C[C@@H]1CC[C@@H]1[C@H]3CC[C@H](NC=O)[C@@]3(C)CC[C@@H]12. The predicted molar refractivity (Wildman–Crippen MR) is 95.7 cm³/mol. The number of carbonyl (C=O) groups excluding carboxylic acids is 2. The molecule has 4 rings (SSSR count). The van der Waals surface area contributed by atoms with Crippen molar-refractivity contribution >= 4 is 12.9 Å². The van der Waals surface area contributed by atoms with E-state index >= 15 is 0 Å². The number of fused-ring (bicyclic) bond motifs is 5. The quantitative estimate of drug-likeness (QED) is 0.789. The Morgan fingerprint density at radius 3 is 2.44 bits per heavy atom. The summed E-state index contributed by atoms with van der Waals surface area (Å²) in [6.07, 6.45) is 12.0. The van der Waals surface area contributed by atoms with E-state index in [1.165, 1.54) is 38.5 Å². The molecule has 4 aliphatic carbocycles. The van der Waals surface area contributed by atoms with Crippen molar-refractivity contribution in [3.63, 3.8) is 0 Å². The van der Waals surface area contributed by atoms with Crippen LogP contribution in [0, 0.1) is 34.5 Å². The zero-order chi connectivity index (χ0) is 17.7. The van der Waals surface area contributed by atoms with Gasteiger partial charge in [-0.3, -0.25) is 9.59 Å². The molecule has 1 amide bonds. The minimum Gasteiger partial charge on any atom is -0.465 e. The van der Waals surface area contributed by atoms with Crippen LogP contribution < -0.4 is 5.32 Å². The Morgan fingerprint density at radius 2 is 1.68 bits per heavy atom. The van der Waals surface area contributed by atoms with Crippen molar-refractivity contribution in [3.8, 4) is 0 Å². The molecule has 4 saturated carbocycles. The van der Waals surface area contributed by atoms with E-state index < -0.39 is 0 Å². The molecule has 0 saturated heterocycles. The third-order valence-corrected chi connectivity index (χ3v) is 9.13. The lowest BCUT2D eigenvalue weighted by molar-refractivity contribution is -0.149. The molecule has 0 heterocycles. The maximum atomic E-state index is 11.0. The molecule has 8 atom stereocenters.